The summed E-state index contributed by atoms with van der Waals surface area (Å²) in [7, 11) is 0. The fourth-order valence-electron chi connectivity index (χ4n) is 3.27. The van der Waals surface area contributed by atoms with Crippen molar-refractivity contribution in [3.05, 3.63) is 53.3 Å². The van der Waals surface area contributed by atoms with Gasteiger partial charge in [-0.3, -0.25) is 5.10 Å². The number of anilines is 2. The second kappa shape index (κ2) is 6.88. The normalized spacial score (nSPS) is 16.5. The highest BCUT2D eigenvalue weighted by molar-refractivity contribution is 7.99. The molecule has 1 unspecified atom stereocenters. The Kier molecular flexibility index (Phi) is 4.44. The molecule has 5 nitrogen and oxygen atoms in total. The quantitative estimate of drug-likeness (QED) is 0.658. The number of nitrogens with one attached hydrogen (secondary N) is 2. The van der Waals surface area contributed by atoms with Crippen molar-refractivity contribution < 1.29 is 0 Å². The van der Waals surface area contributed by atoms with E-state index in [2.05, 4.69) is 34.6 Å². The van der Waals surface area contributed by atoms with Crippen molar-refractivity contribution in [3.63, 3.8) is 0 Å². The molecular formula is C19H21N5S. The fourth-order valence-corrected chi connectivity index (χ4v) is 4.07. The first kappa shape index (κ1) is 16.1. The molecule has 1 atom stereocenters. The Bertz CT molecular complexity index is 875. The molecule has 3 aromatic rings. The van der Waals surface area contributed by atoms with Crippen LogP contribution in [0.2, 0.25) is 0 Å². The van der Waals surface area contributed by atoms with Gasteiger partial charge >= 0.3 is 0 Å². The molecule has 25 heavy (non-hydrogen) atoms. The van der Waals surface area contributed by atoms with Gasteiger partial charge in [-0.1, -0.05) is 25.1 Å². The van der Waals surface area contributed by atoms with E-state index in [0.717, 1.165) is 33.8 Å². The van der Waals surface area contributed by atoms with Gasteiger partial charge in [-0.05, 0) is 56.0 Å². The summed E-state index contributed by atoms with van der Waals surface area (Å²) in [6.45, 7) is 4.23. The molecular weight excluding hydrogens is 330 g/mol. The van der Waals surface area contributed by atoms with Gasteiger partial charge in [-0.2, -0.15) is 5.10 Å². The van der Waals surface area contributed by atoms with E-state index in [1.807, 2.05) is 31.2 Å². The molecule has 4 rings (SSSR count). The fraction of sp³-hybridized carbons (Fsp3) is 0.316. The lowest BCUT2D eigenvalue weighted by Crippen LogP contribution is -2.14. The number of fused-ring (bicyclic) bond motifs is 1. The molecule has 1 aromatic carbocycles. The minimum Gasteiger partial charge on any atom is -0.325 e. The molecule has 2 heterocycles. The molecule has 0 aliphatic heterocycles. The highest BCUT2D eigenvalue weighted by Gasteiger charge is 2.24. The van der Waals surface area contributed by atoms with E-state index in [9.17, 15) is 0 Å². The first-order valence-corrected chi connectivity index (χ1v) is 9.43. The van der Waals surface area contributed by atoms with Crippen LogP contribution in [0.1, 0.15) is 42.6 Å². The lowest BCUT2D eigenvalue weighted by atomic mass is 9.87. The zero-order chi connectivity index (χ0) is 17.2. The van der Waals surface area contributed by atoms with Crippen LogP contribution >= 0.6 is 11.8 Å². The number of hydrogen-bond donors (Lipinski definition) is 2. The van der Waals surface area contributed by atoms with Crippen LogP contribution in [-0.2, 0) is 6.42 Å². The van der Waals surface area contributed by atoms with Gasteiger partial charge < -0.3 is 5.32 Å². The van der Waals surface area contributed by atoms with Crippen LogP contribution in [0.4, 0.5) is 11.6 Å². The van der Waals surface area contributed by atoms with Gasteiger partial charge in [0, 0.05) is 16.5 Å². The highest BCUT2D eigenvalue weighted by Crippen LogP contribution is 2.37. The molecule has 0 amide bonds. The van der Waals surface area contributed by atoms with Crippen LogP contribution in [0.25, 0.3) is 0 Å². The summed E-state index contributed by atoms with van der Waals surface area (Å²) in [5, 5.41) is 11.4. The summed E-state index contributed by atoms with van der Waals surface area (Å²) in [4.78, 5) is 10.8. The van der Waals surface area contributed by atoms with Gasteiger partial charge in [0.2, 0.25) is 0 Å². The van der Waals surface area contributed by atoms with Crippen molar-refractivity contribution >= 4 is 23.4 Å². The van der Waals surface area contributed by atoms with Gasteiger partial charge in [-0.25, -0.2) is 9.97 Å². The number of benzene rings is 1. The summed E-state index contributed by atoms with van der Waals surface area (Å²) in [5.41, 5.74) is 3.37. The molecule has 0 spiro atoms. The summed E-state index contributed by atoms with van der Waals surface area (Å²) < 4.78 is 0. The Labute approximate surface area is 151 Å². The first-order valence-electron chi connectivity index (χ1n) is 8.62. The predicted molar refractivity (Wildman–Crippen MR) is 101 cm³/mol. The van der Waals surface area contributed by atoms with E-state index < -0.39 is 0 Å². The van der Waals surface area contributed by atoms with Crippen molar-refractivity contribution in [2.75, 3.05) is 5.32 Å². The average Bonchev–Trinajstić information content (AvgIpc) is 3.00. The van der Waals surface area contributed by atoms with Gasteiger partial charge in [0.15, 0.2) is 5.16 Å². The molecule has 1 aliphatic rings. The van der Waals surface area contributed by atoms with E-state index in [0.29, 0.717) is 5.92 Å². The summed E-state index contributed by atoms with van der Waals surface area (Å²) in [6.07, 6.45) is 3.38. The molecule has 128 valence electrons. The number of hydrogen-bond acceptors (Lipinski definition) is 5. The predicted octanol–water partition coefficient (Wildman–Crippen LogP) is 4.84. The Balaban J connectivity index is 1.72. The van der Waals surface area contributed by atoms with Gasteiger partial charge in [0.25, 0.3) is 0 Å². The maximum Gasteiger partial charge on any atom is 0.194 e. The van der Waals surface area contributed by atoms with Crippen molar-refractivity contribution in [1.82, 2.24) is 20.2 Å². The topological polar surface area (TPSA) is 66.5 Å². The van der Waals surface area contributed by atoms with Crippen LogP contribution in [0.5, 0.6) is 0 Å². The maximum atomic E-state index is 4.85. The lowest BCUT2D eigenvalue weighted by Gasteiger charge is -2.24. The Morgan fingerprint density at radius 3 is 2.80 bits per heavy atom. The number of aromatic amines is 1. The second-order valence-corrected chi connectivity index (χ2v) is 7.51. The maximum absolute atomic E-state index is 4.85. The Morgan fingerprint density at radius 1 is 1.20 bits per heavy atom. The minimum absolute atomic E-state index is 0.464. The lowest BCUT2D eigenvalue weighted by molar-refractivity contribution is 0.570. The van der Waals surface area contributed by atoms with Crippen LogP contribution in [-0.4, -0.2) is 20.2 Å². The monoisotopic (exact) mass is 351 g/mol. The smallest absolute Gasteiger partial charge is 0.194 e. The van der Waals surface area contributed by atoms with E-state index in [1.54, 1.807) is 11.8 Å². The van der Waals surface area contributed by atoms with E-state index in [-0.39, 0.29) is 0 Å². The summed E-state index contributed by atoms with van der Waals surface area (Å²) >= 11 is 1.60. The van der Waals surface area contributed by atoms with Crippen LogP contribution < -0.4 is 5.32 Å². The van der Waals surface area contributed by atoms with Crippen molar-refractivity contribution in [1.29, 1.82) is 0 Å². The van der Waals surface area contributed by atoms with Crippen molar-refractivity contribution in [2.24, 2.45) is 0 Å². The first-order chi connectivity index (χ1) is 12.2. The van der Waals surface area contributed by atoms with Gasteiger partial charge in [0.05, 0.1) is 11.4 Å². The molecule has 0 fully saturated rings. The molecule has 0 saturated heterocycles. The van der Waals surface area contributed by atoms with Gasteiger partial charge in [-0.15, -0.1) is 0 Å². The number of aromatic nitrogens is 4. The second-order valence-electron chi connectivity index (χ2n) is 6.47. The zero-order valence-electron chi connectivity index (χ0n) is 14.4. The standard InChI is InChI=1S/C19H21N5S/c1-12-7-6-10-15-17(12)18(21-16-11-13(2)23-24-16)22-19(20-15)25-14-8-4-3-5-9-14/h3-5,8-9,11-12H,6-7,10H2,1-2H3,(H2,20,21,22,23,24). The van der Waals surface area contributed by atoms with Gasteiger partial charge in [0.1, 0.15) is 11.6 Å². The number of nitrogens with zero attached hydrogens (tertiary/aromatic N) is 3. The van der Waals surface area contributed by atoms with Crippen molar-refractivity contribution in [3.8, 4) is 0 Å². The van der Waals surface area contributed by atoms with Crippen LogP contribution in [0.3, 0.4) is 0 Å². The third-order valence-corrected chi connectivity index (χ3v) is 5.33. The van der Waals surface area contributed by atoms with E-state index in [1.165, 1.54) is 24.1 Å². The number of H-pyrrole nitrogens is 1. The SMILES string of the molecule is Cc1cc(Nc2nc(Sc3ccccc3)nc3c2C(C)CCC3)[nH]n1. The Morgan fingerprint density at radius 2 is 2.04 bits per heavy atom. The molecule has 2 aromatic heterocycles. The third-order valence-electron chi connectivity index (χ3n) is 4.46. The van der Waals surface area contributed by atoms with Crippen LogP contribution in [0, 0.1) is 6.92 Å². The molecule has 6 heteroatoms. The van der Waals surface area contributed by atoms with Crippen molar-refractivity contribution in [2.45, 2.75) is 49.1 Å². The number of rotatable bonds is 4. The minimum atomic E-state index is 0.464. The third kappa shape index (κ3) is 3.54. The summed E-state index contributed by atoms with van der Waals surface area (Å²) in [6, 6.07) is 12.3. The Hall–Kier alpha value is -2.34. The zero-order valence-corrected chi connectivity index (χ0v) is 15.2. The average molecular weight is 351 g/mol. The molecule has 0 radical (unpaired) electrons. The largest absolute Gasteiger partial charge is 0.325 e. The summed E-state index contributed by atoms with van der Waals surface area (Å²) in [5.74, 6) is 2.23. The molecule has 1 aliphatic carbocycles. The highest BCUT2D eigenvalue weighted by atomic mass is 32.2. The van der Waals surface area contributed by atoms with E-state index >= 15 is 0 Å². The van der Waals surface area contributed by atoms with Crippen LogP contribution in [0.15, 0.2) is 46.5 Å². The molecule has 0 bridgehead atoms. The van der Waals surface area contributed by atoms with E-state index in [4.69, 9.17) is 9.97 Å². The molecule has 2 N–H and O–H groups in total. The molecule has 0 saturated carbocycles. The number of aryl methyl sites for hydroxylation is 2.